The summed E-state index contributed by atoms with van der Waals surface area (Å²) in [6.07, 6.45) is -3.49. The van der Waals surface area contributed by atoms with Crippen molar-refractivity contribution in [1.82, 2.24) is 15.1 Å². The average Bonchev–Trinajstić information content (AvgIpc) is 2.93. The lowest BCUT2D eigenvalue weighted by atomic mass is 9.87. The normalized spacial score (nSPS) is 26.5. The molecule has 0 unspecified atom stereocenters. The summed E-state index contributed by atoms with van der Waals surface area (Å²) in [5.74, 6) is -1.26. The number of imide groups is 1. The molecule has 6 nitrogen and oxygen atoms in total. The molecule has 0 radical (unpaired) electrons. The molecule has 154 valence electrons. The zero-order valence-electron chi connectivity index (χ0n) is 15.9. The van der Waals surface area contributed by atoms with E-state index in [1.54, 1.807) is 31.2 Å². The van der Waals surface area contributed by atoms with E-state index in [2.05, 4.69) is 5.32 Å². The van der Waals surface area contributed by atoms with E-state index in [0.29, 0.717) is 30.7 Å². The predicted molar refractivity (Wildman–Crippen MR) is 95.6 cm³/mol. The van der Waals surface area contributed by atoms with E-state index >= 15 is 0 Å². The lowest BCUT2D eigenvalue weighted by Gasteiger charge is -2.35. The van der Waals surface area contributed by atoms with Crippen molar-refractivity contribution in [2.45, 2.75) is 37.9 Å². The molecule has 0 spiro atoms. The third-order valence-electron chi connectivity index (χ3n) is 5.60. The fourth-order valence-electron chi connectivity index (χ4n) is 3.92. The quantitative estimate of drug-likeness (QED) is 0.773. The molecule has 28 heavy (non-hydrogen) atoms. The first-order valence-electron chi connectivity index (χ1n) is 9.29. The zero-order valence-corrected chi connectivity index (χ0v) is 15.9. The third kappa shape index (κ3) is 3.67. The molecule has 0 aromatic heterocycles. The van der Waals surface area contributed by atoms with E-state index in [-0.39, 0.29) is 19.6 Å². The largest absolute Gasteiger partial charge is 0.497 e. The highest BCUT2D eigenvalue weighted by Crippen LogP contribution is 2.35. The van der Waals surface area contributed by atoms with Gasteiger partial charge in [0.2, 0.25) is 0 Å². The second-order valence-electron chi connectivity index (χ2n) is 7.25. The van der Waals surface area contributed by atoms with Gasteiger partial charge in [0.25, 0.3) is 5.91 Å². The molecule has 2 atom stereocenters. The van der Waals surface area contributed by atoms with E-state index in [1.165, 1.54) is 12.0 Å². The van der Waals surface area contributed by atoms with Gasteiger partial charge in [-0.2, -0.15) is 13.2 Å². The first-order chi connectivity index (χ1) is 13.2. The Morgan fingerprint density at radius 3 is 2.50 bits per heavy atom. The van der Waals surface area contributed by atoms with Gasteiger partial charge in [-0.05, 0) is 43.5 Å². The van der Waals surface area contributed by atoms with Crippen molar-refractivity contribution >= 4 is 11.9 Å². The van der Waals surface area contributed by atoms with E-state index in [4.69, 9.17) is 4.74 Å². The molecule has 0 aliphatic carbocycles. The van der Waals surface area contributed by atoms with Gasteiger partial charge in [0, 0.05) is 6.54 Å². The lowest BCUT2D eigenvalue weighted by Crippen LogP contribution is -2.49. The molecular weight excluding hydrogens is 375 g/mol. The molecule has 0 saturated carbocycles. The van der Waals surface area contributed by atoms with Gasteiger partial charge in [-0.15, -0.1) is 0 Å². The molecule has 1 aromatic carbocycles. The Labute approximate surface area is 161 Å². The summed E-state index contributed by atoms with van der Waals surface area (Å²) < 4.78 is 44.3. The summed E-state index contributed by atoms with van der Waals surface area (Å²) in [6.45, 7) is 1.86. The number of urea groups is 1. The highest BCUT2D eigenvalue weighted by molar-refractivity contribution is 6.07. The number of methoxy groups -OCH3 is 1. The number of rotatable bonds is 5. The number of piperidine rings is 1. The topological polar surface area (TPSA) is 61.9 Å². The van der Waals surface area contributed by atoms with Crippen LogP contribution in [0.3, 0.4) is 0 Å². The number of alkyl halides is 3. The van der Waals surface area contributed by atoms with Gasteiger partial charge in [-0.25, -0.2) is 9.69 Å². The maximum absolute atomic E-state index is 13.1. The molecule has 2 aliphatic rings. The first kappa shape index (κ1) is 20.4. The van der Waals surface area contributed by atoms with Crippen molar-refractivity contribution in [2.75, 3.05) is 26.9 Å². The predicted octanol–water partition coefficient (Wildman–Crippen LogP) is 3.08. The van der Waals surface area contributed by atoms with Crippen LogP contribution in [0.4, 0.5) is 18.0 Å². The van der Waals surface area contributed by atoms with E-state index in [9.17, 15) is 22.8 Å². The van der Waals surface area contributed by atoms with Gasteiger partial charge in [0.05, 0.1) is 19.7 Å². The van der Waals surface area contributed by atoms with Crippen molar-refractivity contribution in [1.29, 1.82) is 0 Å². The number of carbonyl (C=O) groups excluding carboxylic acids is 2. The average molecular weight is 399 g/mol. The van der Waals surface area contributed by atoms with Gasteiger partial charge < -0.3 is 10.1 Å². The number of likely N-dealkylation sites (tertiary alicyclic amines) is 1. The number of nitrogens with zero attached hydrogens (tertiary/aromatic N) is 2. The van der Waals surface area contributed by atoms with Crippen molar-refractivity contribution in [2.24, 2.45) is 5.92 Å². The van der Waals surface area contributed by atoms with Gasteiger partial charge in [0.15, 0.2) is 0 Å². The Bertz CT molecular complexity index is 738. The van der Waals surface area contributed by atoms with Gasteiger partial charge >= 0.3 is 12.2 Å². The smallest absolute Gasteiger partial charge is 0.393 e. The van der Waals surface area contributed by atoms with Crippen LogP contribution in [0.15, 0.2) is 24.3 Å². The number of nitrogens with one attached hydrogen (secondary N) is 1. The molecule has 2 saturated heterocycles. The van der Waals surface area contributed by atoms with Gasteiger partial charge in [-0.3, -0.25) is 9.69 Å². The van der Waals surface area contributed by atoms with Crippen LogP contribution in [0, 0.1) is 5.92 Å². The minimum absolute atomic E-state index is 0.0743. The Balaban J connectivity index is 1.78. The summed E-state index contributed by atoms with van der Waals surface area (Å²) in [5.41, 5.74) is -0.605. The molecule has 2 heterocycles. The molecule has 9 heteroatoms. The van der Waals surface area contributed by atoms with Crippen molar-refractivity contribution in [3.63, 3.8) is 0 Å². The Kier molecular flexibility index (Phi) is 5.56. The van der Waals surface area contributed by atoms with Crippen molar-refractivity contribution in [3.05, 3.63) is 29.8 Å². The molecular formula is C19H24F3N3O3. The number of carbonyl (C=O) groups is 2. The van der Waals surface area contributed by atoms with Crippen LogP contribution in [-0.2, 0) is 10.3 Å². The SMILES string of the molecule is CC[C@@]1(c2ccc(OC)cc2)NC(=O)N(CN2CCC[C@@H](C(F)(F)F)C2)C1=O. The number of halogens is 3. The fraction of sp³-hybridized carbons (Fsp3) is 0.579. The number of amides is 3. The Morgan fingerprint density at radius 1 is 1.25 bits per heavy atom. The zero-order chi connectivity index (χ0) is 20.5. The standard InChI is InChI=1S/C19H24F3N3O3/c1-3-18(13-6-8-15(28-2)9-7-13)16(26)25(17(27)23-18)12-24-10-4-5-14(11-24)19(20,21)22/h6-9,14H,3-5,10-12H2,1-2H3,(H,23,27)/t14-,18+/m1/s1. The second kappa shape index (κ2) is 7.62. The van der Waals surface area contributed by atoms with Crippen molar-refractivity contribution < 1.29 is 27.5 Å². The van der Waals surface area contributed by atoms with Crippen molar-refractivity contribution in [3.8, 4) is 5.75 Å². The third-order valence-corrected chi connectivity index (χ3v) is 5.60. The summed E-state index contributed by atoms with van der Waals surface area (Å²) in [6, 6.07) is 6.24. The lowest BCUT2D eigenvalue weighted by molar-refractivity contribution is -0.187. The van der Waals surface area contributed by atoms with E-state index in [0.717, 1.165) is 4.90 Å². The summed E-state index contributed by atoms with van der Waals surface area (Å²) in [7, 11) is 1.53. The Hall–Kier alpha value is -2.29. The molecule has 2 fully saturated rings. The van der Waals surface area contributed by atoms with Crippen LogP contribution in [-0.4, -0.2) is 54.8 Å². The number of ether oxygens (including phenoxy) is 1. The molecule has 2 aliphatic heterocycles. The van der Waals surface area contributed by atoms with Crippen LogP contribution in [0.1, 0.15) is 31.7 Å². The summed E-state index contributed by atoms with van der Waals surface area (Å²) >= 11 is 0. The van der Waals surface area contributed by atoms with Crippen LogP contribution >= 0.6 is 0 Å². The monoisotopic (exact) mass is 399 g/mol. The van der Waals surface area contributed by atoms with Crippen LogP contribution in [0.2, 0.25) is 0 Å². The maximum Gasteiger partial charge on any atom is 0.393 e. The first-order valence-corrected chi connectivity index (χ1v) is 9.29. The number of hydrogen-bond acceptors (Lipinski definition) is 4. The highest BCUT2D eigenvalue weighted by atomic mass is 19.4. The number of hydrogen-bond donors (Lipinski definition) is 1. The highest BCUT2D eigenvalue weighted by Gasteiger charge is 2.52. The molecule has 1 aromatic rings. The van der Waals surface area contributed by atoms with Gasteiger partial charge in [0.1, 0.15) is 11.3 Å². The molecule has 3 rings (SSSR count). The van der Waals surface area contributed by atoms with Gasteiger partial charge in [-0.1, -0.05) is 19.1 Å². The van der Waals surface area contributed by atoms with E-state index < -0.39 is 29.6 Å². The molecule has 0 bridgehead atoms. The minimum Gasteiger partial charge on any atom is -0.497 e. The Morgan fingerprint density at radius 2 is 1.93 bits per heavy atom. The van der Waals surface area contributed by atoms with E-state index in [1.807, 2.05) is 0 Å². The fourth-order valence-corrected chi connectivity index (χ4v) is 3.92. The number of benzene rings is 1. The van der Waals surface area contributed by atoms with Crippen LogP contribution < -0.4 is 10.1 Å². The summed E-state index contributed by atoms with van der Waals surface area (Å²) in [5, 5.41) is 2.75. The van der Waals surface area contributed by atoms with Crippen LogP contribution in [0.5, 0.6) is 5.75 Å². The van der Waals surface area contributed by atoms with Crippen LogP contribution in [0.25, 0.3) is 0 Å². The maximum atomic E-state index is 13.1. The molecule has 1 N–H and O–H groups in total. The molecule has 3 amide bonds. The minimum atomic E-state index is -4.27. The summed E-state index contributed by atoms with van der Waals surface area (Å²) in [4.78, 5) is 28.2. The second-order valence-corrected chi connectivity index (χ2v) is 7.25.